The van der Waals surface area contributed by atoms with Crippen molar-refractivity contribution in [2.75, 3.05) is 0 Å². The lowest BCUT2D eigenvalue weighted by atomic mass is 10.2. The van der Waals surface area contributed by atoms with Crippen molar-refractivity contribution in [2.24, 2.45) is 7.05 Å². The van der Waals surface area contributed by atoms with Crippen molar-refractivity contribution < 1.29 is 9.59 Å². The number of hydrazine groups is 1. The lowest BCUT2D eigenvalue weighted by Crippen LogP contribution is -2.46. The minimum absolute atomic E-state index is 0.292. The Balaban J connectivity index is 1.38. The monoisotopic (exact) mass is 416 g/mol. The summed E-state index contributed by atoms with van der Waals surface area (Å²) in [5.41, 5.74) is 9.99. The summed E-state index contributed by atoms with van der Waals surface area (Å²) in [6.07, 6.45) is 1.74. The number of urea groups is 1. The van der Waals surface area contributed by atoms with Gasteiger partial charge in [0.1, 0.15) is 0 Å². The lowest BCUT2D eigenvalue weighted by molar-refractivity contribution is 0.0937. The van der Waals surface area contributed by atoms with Crippen molar-refractivity contribution in [3.63, 3.8) is 0 Å². The van der Waals surface area contributed by atoms with E-state index in [1.807, 2.05) is 84.7 Å². The van der Waals surface area contributed by atoms with Crippen molar-refractivity contribution in [2.45, 2.75) is 20.4 Å². The molecule has 3 amide bonds. The van der Waals surface area contributed by atoms with E-state index in [1.54, 1.807) is 6.20 Å². The second-order valence-electron chi connectivity index (χ2n) is 7.33. The van der Waals surface area contributed by atoms with E-state index in [-0.39, 0.29) is 5.91 Å². The number of aromatic nitrogens is 3. The molecule has 2 aromatic heterocycles. The van der Waals surface area contributed by atoms with Crippen molar-refractivity contribution >= 4 is 22.8 Å². The van der Waals surface area contributed by atoms with E-state index in [2.05, 4.69) is 21.3 Å². The Bertz CT molecular complexity index is 1260. The van der Waals surface area contributed by atoms with Gasteiger partial charge in [-0.15, -0.1) is 0 Å². The van der Waals surface area contributed by atoms with Crippen LogP contribution in [0.25, 0.3) is 16.6 Å². The Kier molecular flexibility index (Phi) is 5.44. The maximum atomic E-state index is 12.5. The van der Waals surface area contributed by atoms with E-state index < -0.39 is 6.03 Å². The van der Waals surface area contributed by atoms with Crippen LogP contribution in [0.4, 0.5) is 4.79 Å². The molecule has 2 heterocycles. The van der Waals surface area contributed by atoms with Gasteiger partial charge in [-0.3, -0.25) is 10.2 Å². The highest BCUT2D eigenvalue weighted by Gasteiger charge is 2.16. The molecule has 0 saturated carbocycles. The van der Waals surface area contributed by atoms with Crippen LogP contribution in [0.2, 0.25) is 0 Å². The Morgan fingerprint density at radius 3 is 2.45 bits per heavy atom. The molecule has 0 radical (unpaired) electrons. The molecule has 4 aromatic rings. The fourth-order valence-electron chi connectivity index (χ4n) is 3.67. The molecular weight excluding hydrogens is 392 g/mol. The molecule has 4 rings (SSSR count). The largest absolute Gasteiger partial charge is 0.350 e. The minimum atomic E-state index is -0.500. The van der Waals surface area contributed by atoms with Gasteiger partial charge in [0.05, 0.1) is 16.9 Å². The molecule has 0 unspecified atom stereocenters. The number of nitrogens with zero attached hydrogens (tertiary/aromatic N) is 3. The SMILES string of the molecule is Cc1nn(-c2ccccc2)c(C)c1CNC(=O)NNC(=O)c1cn(C)c2ccccc12. The molecule has 0 bridgehead atoms. The summed E-state index contributed by atoms with van der Waals surface area (Å²) in [4.78, 5) is 24.8. The molecular formula is C23H24N6O2. The topological polar surface area (TPSA) is 93.0 Å². The summed E-state index contributed by atoms with van der Waals surface area (Å²) in [6.45, 7) is 4.16. The number of fused-ring (bicyclic) bond motifs is 1. The molecule has 3 N–H and O–H groups in total. The van der Waals surface area contributed by atoms with Crippen LogP contribution in [0.3, 0.4) is 0 Å². The van der Waals surface area contributed by atoms with Crippen LogP contribution in [-0.4, -0.2) is 26.3 Å². The lowest BCUT2D eigenvalue weighted by Gasteiger charge is -2.09. The Hall–Kier alpha value is -4.07. The summed E-state index contributed by atoms with van der Waals surface area (Å²) in [7, 11) is 1.87. The highest BCUT2D eigenvalue weighted by atomic mass is 16.2. The fourth-order valence-corrected chi connectivity index (χ4v) is 3.67. The number of carbonyl (C=O) groups excluding carboxylic acids is 2. The summed E-state index contributed by atoms with van der Waals surface area (Å²) in [6, 6.07) is 16.9. The predicted molar refractivity (Wildman–Crippen MR) is 119 cm³/mol. The molecule has 31 heavy (non-hydrogen) atoms. The van der Waals surface area contributed by atoms with E-state index in [9.17, 15) is 9.59 Å². The molecule has 0 aliphatic heterocycles. The zero-order chi connectivity index (χ0) is 22.0. The zero-order valence-corrected chi connectivity index (χ0v) is 17.6. The van der Waals surface area contributed by atoms with E-state index in [1.165, 1.54) is 0 Å². The van der Waals surface area contributed by atoms with Crippen molar-refractivity contribution in [3.05, 3.63) is 83.3 Å². The third-order valence-electron chi connectivity index (χ3n) is 5.30. The molecule has 0 aliphatic rings. The third kappa shape index (κ3) is 4.00. The molecule has 0 fully saturated rings. The number of carbonyl (C=O) groups is 2. The van der Waals surface area contributed by atoms with Gasteiger partial charge < -0.3 is 9.88 Å². The van der Waals surface area contributed by atoms with E-state index in [0.29, 0.717) is 12.1 Å². The average molecular weight is 416 g/mol. The summed E-state index contributed by atoms with van der Waals surface area (Å²) in [5, 5.41) is 8.17. The first-order valence-corrected chi connectivity index (χ1v) is 9.94. The molecule has 8 heteroatoms. The van der Waals surface area contributed by atoms with Gasteiger partial charge in [-0.1, -0.05) is 36.4 Å². The summed E-state index contributed by atoms with van der Waals surface area (Å²) >= 11 is 0. The second kappa shape index (κ2) is 8.35. The maximum Gasteiger partial charge on any atom is 0.333 e. The van der Waals surface area contributed by atoms with Gasteiger partial charge >= 0.3 is 6.03 Å². The van der Waals surface area contributed by atoms with Crippen molar-refractivity contribution in [1.29, 1.82) is 0 Å². The molecule has 0 aliphatic carbocycles. The fraction of sp³-hybridized carbons (Fsp3) is 0.174. The normalized spacial score (nSPS) is 10.8. The first-order chi connectivity index (χ1) is 15.0. The van der Waals surface area contributed by atoms with Gasteiger partial charge in [-0.2, -0.15) is 5.10 Å². The number of amides is 3. The van der Waals surface area contributed by atoms with Gasteiger partial charge in [0.2, 0.25) is 0 Å². The van der Waals surface area contributed by atoms with E-state index in [4.69, 9.17) is 0 Å². The van der Waals surface area contributed by atoms with Crippen molar-refractivity contribution in [1.82, 2.24) is 30.5 Å². The number of aryl methyl sites for hydroxylation is 2. The second-order valence-corrected chi connectivity index (χ2v) is 7.33. The smallest absolute Gasteiger partial charge is 0.333 e. The molecule has 2 aromatic carbocycles. The van der Waals surface area contributed by atoms with Gasteiger partial charge in [0.25, 0.3) is 5.91 Å². The Labute approximate surface area is 179 Å². The third-order valence-corrected chi connectivity index (χ3v) is 5.30. The highest BCUT2D eigenvalue weighted by molar-refractivity contribution is 6.07. The summed E-state index contributed by atoms with van der Waals surface area (Å²) in [5.74, 6) is -0.379. The van der Waals surface area contributed by atoms with Crippen LogP contribution in [0, 0.1) is 13.8 Å². The quantitative estimate of drug-likeness (QED) is 0.446. The molecule has 0 saturated heterocycles. The van der Waals surface area contributed by atoms with Crippen LogP contribution < -0.4 is 16.2 Å². The van der Waals surface area contributed by atoms with Crippen LogP contribution in [-0.2, 0) is 13.6 Å². The van der Waals surface area contributed by atoms with E-state index >= 15 is 0 Å². The summed E-state index contributed by atoms with van der Waals surface area (Å²) < 4.78 is 3.73. The number of nitrogens with one attached hydrogen (secondary N) is 3. The number of benzene rings is 2. The first-order valence-electron chi connectivity index (χ1n) is 9.94. The predicted octanol–water partition coefficient (Wildman–Crippen LogP) is 3.13. The van der Waals surface area contributed by atoms with Crippen LogP contribution in [0.5, 0.6) is 0 Å². The number of hydrogen-bond donors (Lipinski definition) is 3. The van der Waals surface area contributed by atoms with Crippen LogP contribution in [0.1, 0.15) is 27.3 Å². The van der Waals surface area contributed by atoms with Crippen LogP contribution in [0.15, 0.2) is 60.8 Å². The molecule has 158 valence electrons. The van der Waals surface area contributed by atoms with Gasteiger partial charge in [0.15, 0.2) is 0 Å². The number of para-hydroxylation sites is 2. The van der Waals surface area contributed by atoms with Gasteiger partial charge in [-0.25, -0.2) is 14.9 Å². The highest BCUT2D eigenvalue weighted by Crippen LogP contribution is 2.20. The van der Waals surface area contributed by atoms with Gasteiger partial charge in [-0.05, 0) is 32.0 Å². The van der Waals surface area contributed by atoms with Crippen LogP contribution >= 0.6 is 0 Å². The Morgan fingerprint density at radius 2 is 1.68 bits per heavy atom. The average Bonchev–Trinajstić information content (AvgIpc) is 3.27. The number of rotatable bonds is 4. The molecule has 0 atom stereocenters. The Morgan fingerprint density at radius 1 is 0.968 bits per heavy atom. The van der Waals surface area contributed by atoms with Crippen molar-refractivity contribution in [3.8, 4) is 5.69 Å². The molecule has 0 spiro atoms. The zero-order valence-electron chi connectivity index (χ0n) is 17.6. The first kappa shape index (κ1) is 20.2. The number of hydrogen-bond acceptors (Lipinski definition) is 3. The molecule has 8 nitrogen and oxygen atoms in total. The maximum absolute atomic E-state index is 12.5. The van der Waals surface area contributed by atoms with E-state index in [0.717, 1.165) is 33.5 Å². The standard InChI is InChI=1S/C23H24N6O2/c1-15-19(16(2)29(27-15)17-9-5-4-6-10-17)13-24-23(31)26-25-22(30)20-14-28(3)21-12-8-7-11-18(20)21/h4-12,14H,13H2,1-3H3,(H,25,30)(H2,24,26,31). The minimum Gasteiger partial charge on any atom is -0.350 e. The van der Waals surface area contributed by atoms with Gasteiger partial charge in [0, 0.05) is 41.9 Å².